The Labute approximate surface area is 119 Å². The Morgan fingerprint density at radius 3 is 2.89 bits per heavy atom. The van der Waals surface area contributed by atoms with E-state index in [2.05, 4.69) is 9.27 Å². The smallest absolute Gasteiger partial charge is 0.197 e. The van der Waals surface area contributed by atoms with Crippen molar-refractivity contribution in [2.75, 3.05) is 24.3 Å². The molecule has 18 heavy (non-hydrogen) atoms. The van der Waals surface area contributed by atoms with Gasteiger partial charge >= 0.3 is 0 Å². The minimum absolute atomic E-state index is 0.452. The number of hydrogen-bond acceptors (Lipinski definition) is 6. The van der Waals surface area contributed by atoms with Crippen LogP contribution < -0.4 is 15.4 Å². The number of halogens is 1. The first kappa shape index (κ1) is 13.5. The van der Waals surface area contributed by atoms with Gasteiger partial charge in [-0.2, -0.15) is 4.37 Å². The number of nitrogens with zero attached hydrogens (tertiary/aromatic N) is 2. The second kappa shape index (κ2) is 5.77. The SMILES string of the molecule is CCOc1c(N)nsc1N(C)Cc1ccc(Cl)s1. The predicted octanol–water partition coefficient (Wildman–Crippen LogP) is 3.48. The molecule has 0 bridgehead atoms. The summed E-state index contributed by atoms with van der Waals surface area (Å²) < 4.78 is 10.5. The summed E-state index contributed by atoms with van der Waals surface area (Å²) in [6.45, 7) is 3.27. The third kappa shape index (κ3) is 2.88. The van der Waals surface area contributed by atoms with Crippen LogP contribution in [0.15, 0.2) is 12.1 Å². The highest BCUT2D eigenvalue weighted by Crippen LogP contribution is 2.38. The van der Waals surface area contributed by atoms with Crippen LogP contribution in [0.25, 0.3) is 0 Å². The largest absolute Gasteiger partial charge is 0.487 e. The van der Waals surface area contributed by atoms with E-state index < -0.39 is 0 Å². The van der Waals surface area contributed by atoms with Crippen molar-refractivity contribution < 1.29 is 4.74 Å². The maximum absolute atomic E-state index is 5.92. The molecule has 2 rings (SSSR count). The lowest BCUT2D eigenvalue weighted by molar-refractivity contribution is 0.343. The lowest BCUT2D eigenvalue weighted by Gasteiger charge is -2.17. The normalized spacial score (nSPS) is 10.6. The molecule has 4 nitrogen and oxygen atoms in total. The van der Waals surface area contributed by atoms with Crippen molar-refractivity contribution in [2.45, 2.75) is 13.5 Å². The Morgan fingerprint density at radius 1 is 1.50 bits per heavy atom. The van der Waals surface area contributed by atoms with Crippen LogP contribution in [0.1, 0.15) is 11.8 Å². The number of anilines is 2. The average Bonchev–Trinajstić information content (AvgIpc) is 2.88. The molecule has 2 heterocycles. The Hall–Kier alpha value is -0.980. The van der Waals surface area contributed by atoms with E-state index in [0.29, 0.717) is 18.2 Å². The Balaban J connectivity index is 2.15. The quantitative estimate of drug-likeness (QED) is 0.919. The number of nitrogens with two attached hydrogens (primary N) is 1. The van der Waals surface area contributed by atoms with E-state index in [1.165, 1.54) is 16.4 Å². The van der Waals surface area contributed by atoms with Gasteiger partial charge in [-0.25, -0.2) is 0 Å². The monoisotopic (exact) mass is 303 g/mol. The van der Waals surface area contributed by atoms with Gasteiger partial charge in [0.1, 0.15) is 0 Å². The molecule has 0 fully saturated rings. The van der Waals surface area contributed by atoms with Crippen LogP contribution in [0.3, 0.4) is 0 Å². The van der Waals surface area contributed by atoms with Gasteiger partial charge in [0.25, 0.3) is 0 Å². The molecule has 0 radical (unpaired) electrons. The average molecular weight is 304 g/mol. The highest BCUT2D eigenvalue weighted by molar-refractivity contribution is 7.16. The van der Waals surface area contributed by atoms with Gasteiger partial charge in [-0.1, -0.05) is 11.6 Å². The molecule has 0 saturated heterocycles. The molecule has 0 spiro atoms. The highest BCUT2D eigenvalue weighted by Gasteiger charge is 2.17. The molecule has 0 aliphatic heterocycles. The summed E-state index contributed by atoms with van der Waals surface area (Å²) >= 11 is 8.84. The van der Waals surface area contributed by atoms with Crippen molar-refractivity contribution in [3.05, 3.63) is 21.3 Å². The zero-order valence-corrected chi connectivity index (χ0v) is 12.5. The van der Waals surface area contributed by atoms with Gasteiger partial charge in [-0.3, -0.25) is 0 Å². The van der Waals surface area contributed by atoms with Gasteiger partial charge in [-0.15, -0.1) is 11.3 Å². The lowest BCUT2D eigenvalue weighted by atomic mass is 10.4. The Kier molecular flexibility index (Phi) is 4.31. The topological polar surface area (TPSA) is 51.4 Å². The Bertz CT molecular complexity index is 526. The Morgan fingerprint density at radius 2 is 2.28 bits per heavy atom. The van der Waals surface area contributed by atoms with E-state index in [1.54, 1.807) is 11.3 Å². The number of nitrogen functional groups attached to an aromatic ring is 1. The number of aromatic nitrogens is 1. The molecular formula is C11H14ClN3OS2. The van der Waals surface area contributed by atoms with Crippen LogP contribution in [-0.4, -0.2) is 18.0 Å². The molecule has 0 aromatic carbocycles. The first-order chi connectivity index (χ1) is 8.61. The predicted molar refractivity (Wildman–Crippen MR) is 79.1 cm³/mol. The summed E-state index contributed by atoms with van der Waals surface area (Å²) in [7, 11) is 1.99. The van der Waals surface area contributed by atoms with E-state index in [1.807, 2.05) is 26.1 Å². The molecule has 2 N–H and O–H groups in total. The van der Waals surface area contributed by atoms with Crippen molar-refractivity contribution in [2.24, 2.45) is 0 Å². The van der Waals surface area contributed by atoms with E-state index in [9.17, 15) is 0 Å². The fourth-order valence-electron chi connectivity index (χ4n) is 1.55. The number of rotatable bonds is 5. The molecule has 0 unspecified atom stereocenters. The van der Waals surface area contributed by atoms with Gasteiger partial charge in [0.2, 0.25) is 0 Å². The molecule has 0 saturated carbocycles. The van der Waals surface area contributed by atoms with E-state index >= 15 is 0 Å². The van der Waals surface area contributed by atoms with Crippen LogP contribution in [-0.2, 0) is 6.54 Å². The molecule has 0 amide bonds. The van der Waals surface area contributed by atoms with E-state index in [0.717, 1.165) is 15.9 Å². The zero-order valence-electron chi connectivity index (χ0n) is 10.1. The van der Waals surface area contributed by atoms with Crippen molar-refractivity contribution in [1.82, 2.24) is 4.37 Å². The second-order valence-electron chi connectivity index (χ2n) is 3.70. The molecule has 0 aliphatic carbocycles. The third-order valence-electron chi connectivity index (χ3n) is 2.31. The van der Waals surface area contributed by atoms with Gasteiger partial charge < -0.3 is 15.4 Å². The summed E-state index contributed by atoms with van der Waals surface area (Å²) in [5.74, 6) is 1.13. The number of hydrogen-bond donors (Lipinski definition) is 1. The van der Waals surface area contributed by atoms with Gasteiger partial charge in [0.15, 0.2) is 16.6 Å². The molecule has 98 valence electrons. The summed E-state index contributed by atoms with van der Waals surface area (Å²) in [4.78, 5) is 3.26. The van der Waals surface area contributed by atoms with Crippen LogP contribution in [0.4, 0.5) is 10.8 Å². The second-order valence-corrected chi connectivity index (χ2v) is 6.25. The van der Waals surface area contributed by atoms with Crippen molar-refractivity contribution in [1.29, 1.82) is 0 Å². The molecule has 7 heteroatoms. The fraction of sp³-hybridized carbons (Fsp3) is 0.364. The van der Waals surface area contributed by atoms with E-state index in [-0.39, 0.29) is 0 Å². The highest BCUT2D eigenvalue weighted by atomic mass is 35.5. The van der Waals surface area contributed by atoms with Crippen molar-refractivity contribution >= 4 is 45.3 Å². The standard InChI is InChI=1S/C11H14ClN3OS2/c1-3-16-9-10(13)14-18-11(9)15(2)6-7-4-5-8(12)17-7/h4-5H,3,6H2,1-2H3,(H2,13,14). The minimum Gasteiger partial charge on any atom is -0.487 e. The van der Waals surface area contributed by atoms with Crippen LogP contribution in [0, 0.1) is 0 Å². The van der Waals surface area contributed by atoms with Crippen LogP contribution >= 0.6 is 34.5 Å². The molecular weight excluding hydrogens is 290 g/mol. The van der Waals surface area contributed by atoms with Crippen molar-refractivity contribution in [3.8, 4) is 5.75 Å². The summed E-state index contributed by atoms with van der Waals surface area (Å²) in [5.41, 5.74) is 5.79. The summed E-state index contributed by atoms with van der Waals surface area (Å²) in [6, 6.07) is 3.92. The fourth-order valence-corrected chi connectivity index (χ4v) is 3.41. The van der Waals surface area contributed by atoms with E-state index in [4.69, 9.17) is 22.1 Å². The van der Waals surface area contributed by atoms with Crippen LogP contribution in [0.2, 0.25) is 4.34 Å². The summed E-state index contributed by atoms with van der Waals surface area (Å²) in [6.07, 6.45) is 0. The first-order valence-electron chi connectivity index (χ1n) is 5.45. The molecule has 2 aromatic rings. The van der Waals surface area contributed by atoms with Crippen LogP contribution in [0.5, 0.6) is 5.75 Å². The zero-order chi connectivity index (χ0) is 13.1. The minimum atomic E-state index is 0.452. The summed E-state index contributed by atoms with van der Waals surface area (Å²) in [5, 5.41) is 0.943. The maximum Gasteiger partial charge on any atom is 0.197 e. The van der Waals surface area contributed by atoms with Gasteiger partial charge in [0, 0.05) is 11.9 Å². The first-order valence-corrected chi connectivity index (χ1v) is 7.42. The number of thiophene rings is 1. The van der Waals surface area contributed by atoms with Gasteiger partial charge in [0.05, 0.1) is 17.5 Å². The maximum atomic E-state index is 5.92. The van der Waals surface area contributed by atoms with Crippen molar-refractivity contribution in [3.63, 3.8) is 0 Å². The van der Waals surface area contributed by atoms with Gasteiger partial charge in [-0.05, 0) is 30.6 Å². The third-order valence-corrected chi connectivity index (χ3v) is 4.49. The lowest BCUT2D eigenvalue weighted by Crippen LogP contribution is -2.15. The molecule has 2 aromatic heterocycles. The number of ether oxygens (including phenoxy) is 1. The molecule has 0 atom stereocenters. The molecule has 0 aliphatic rings.